The Morgan fingerprint density at radius 1 is 0.974 bits per heavy atom. The van der Waals surface area contributed by atoms with Gasteiger partial charge in [0.25, 0.3) is 5.69 Å². The molecule has 0 saturated heterocycles. The number of hydrazone groups is 1. The maximum atomic E-state index is 12.6. The van der Waals surface area contributed by atoms with Gasteiger partial charge in [0.15, 0.2) is 11.5 Å². The number of carbonyl (C=O) groups is 1. The lowest BCUT2D eigenvalue weighted by molar-refractivity contribution is -0.394. The van der Waals surface area contributed by atoms with Gasteiger partial charge in [-0.3, -0.25) is 25.0 Å². The van der Waals surface area contributed by atoms with Crippen LogP contribution in [0.4, 0.5) is 11.4 Å². The van der Waals surface area contributed by atoms with Crippen LogP contribution < -0.4 is 14.9 Å². The van der Waals surface area contributed by atoms with E-state index in [1.165, 1.54) is 25.0 Å². The number of ether oxygens (including phenoxy) is 2. The van der Waals surface area contributed by atoms with Gasteiger partial charge in [0.1, 0.15) is 0 Å². The molecule has 0 bridgehead atoms. The van der Waals surface area contributed by atoms with Crippen LogP contribution in [0.3, 0.4) is 0 Å². The van der Waals surface area contributed by atoms with Crippen LogP contribution >= 0.6 is 0 Å². The van der Waals surface area contributed by atoms with Crippen LogP contribution in [0.5, 0.6) is 17.2 Å². The van der Waals surface area contributed by atoms with E-state index in [0.717, 1.165) is 30.2 Å². The van der Waals surface area contributed by atoms with Crippen LogP contribution in [-0.4, -0.2) is 29.1 Å². The van der Waals surface area contributed by atoms with E-state index in [1.807, 2.05) is 0 Å². The Labute approximate surface area is 224 Å². The molecule has 0 unspecified atom stereocenters. The number of nitrogens with zero attached hydrogens (tertiary/aromatic N) is 3. The maximum absolute atomic E-state index is 12.6. The number of non-ortho nitro benzene ring substituents is 1. The quantitative estimate of drug-likeness (QED) is 0.206. The number of hydrogen-bond acceptors (Lipinski definition) is 8. The van der Waals surface area contributed by atoms with E-state index < -0.39 is 21.2 Å². The molecule has 1 fully saturated rings. The first-order valence-electron chi connectivity index (χ1n) is 12.2. The van der Waals surface area contributed by atoms with Crippen molar-refractivity contribution >= 4 is 23.5 Å². The summed E-state index contributed by atoms with van der Waals surface area (Å²) in [5.74, 6) is 0.116. The summed E-state index contributed by atoms with van der Waals surface area (Å²) in [5, 5.41) is 26.4. The van der Waals surface area contributed by atoms with Crippen molar-refractivity contribution in [2.24, 2.45) is 11.0 Å². The van der Waals surface area contributed by atoms with Crippen LogP contribution in [0, 0.1) is 26.1 Å². The maximum Gasteiger partial charge on any atom is 0.318 e. The van der Waals surface area contributed by atoms with Crippen molar-refractivity contribution in [2.45, 2.75) is 38.5 Å². The first kappa shape index (κ1) is 27.2. The summed E-state index contributed by atoms with van der Waals surface area (Å²) >= 11 is 0. The lowest BCUT2D eigenvalue weighted by Crippen LogP contribution is -2.20. The Morgan fingerprint density at radius 3 is 2.28 bits per heavy atom. The number of benzene rings is 3. The highest BCUT2D eigenvalue weighted by Gasteiger charge is 2.44. The minimum atomic E-state index is -0.760. The number of amides is 1. The summed E-state index contributed by atoms with van der Waals surface area (Å²) < 4.78 is 11.0. The molecule has 1 aliphatic carbocycles. The van der Waals surface area contributed by atoms with Gasteiger partial charge in [-0.15, -0.1) is 0 Å². The van der Waals surface area contributed by atoms with E-state index in [0.29, 0.717) is 5.56 Å². The topological polar surface area (TPSA) is 146 Å². The molecule has 2 atom stereocenters. The summed E-state index contributed by atoms with van der Waals surface area (Å²) in [6.45, 7) is 6.48. The molecule has 0 radical (unpaired) electrons. The third kappa shape index (κ3) is 6.38. The van der Waals surface area contributed by atoms with E-state index >= 15 is 0 Å². The Bertz CT molecular complexity index is 1450. The molecular weight excluding hydrogens is 504 g/mol. The third-order valence-corrected chi connectivity index (χ3v) is 6.48. The van der Waals surface area contributed by atoms with Crippen LogP contribution in [0.1, 0.15) is 49.8 Å². The van der Waals surface area contributed by atoms with Crippen molar-refractivity contribution < 1.29 is 24.1 Å². The minimum absolute atomic E-state index is 0.0727. The van der Waals surface area contributed by atoms with Crippen LogP contribution in [-0.2, 0) is 10.2 Å². The van der Waals surface area contributed by atoms with Gasteiger partial charge in [0.05, 0.1) is 29.2 Å². The summed E-state index contributed by atoms with van der Waals surface area (Å²) in [6.07, 6.45) is 2.22. The number of rotatable bonds is 9. The zero-order valence-corrected chi connectivity index (χ0v) is 21.9. The third-order valence-electron chi connectivity index (χ3n) is 6.48. The van der Waals surface area contributed by atoms with E-state index in [1.54, 1.807) is 12.1 Å². The standard InChI is InChI=1S/C28H28N4O7/c1-28(2,3)19-8-6-18(7-9-19)21-15-22(21)27(33)30-29-16-17-5-11-25(26(13-17)38-4)39-24-12-10-20(31(34)35)14-23(24)32(36)37/h5-14,16,21-22H,15H2,1-4H3,(H,30,33)/b29-16+/t21-,22-/m1/s1. The number of nitro benzene ring substituents is 2. The molecule has 39 heavy (non-hydrogen) atoms. The SMILES string of the molecule is COc1cc(/C=N/NC(=O)[C@@H]2C[C@@H]2c2ccc(C(C)(C)C)cc2)ccc1Oc1ccc([N+](=O)[O-])cc1[N+](=O)[O-]. The molecule has 0 aromatic heterocycles. The molecule has 4 rings (SSSR count). The van der Waals surface area contributed by atoms with Crippen molar-refractivity contribution in [3.63, 3.8) is 0 Å². The molecule has 3 aromatic carbocycles. The van der Waals surface area contributed by atoms with E-state index in [2.05, 4.69) is 55.6 Å². The minimum Gasteiger partial charge on any atom is -0.493 e. The van der Waals surface area contributed by atoms with Gasteiger partial charge < -0.3 is 9.47 Å². The molecule has 0 spiro atoms. The average Bonchev–Trinajstić information content (AvgIpc) is 3.70. The van der Waals surface area contributed by atoms with Crippen molar-refractivity contribution in [3.05, 3.63) is 97.6 Å². The lowest BCUT2D eigenvalue weighted by Gasteiger charge is -2.19. The van der Waals surface area contributed by atoms with Crippen molar-refractivity contribution in [1.82, 2.24) is 5.43 Å². The fourth-order valence-electron chi connectivity index (χ4n) is 4.15. The second-order valence-corrected chi connectivity index (χ2v) is 10.2. The highest BCUT2D eigenvalue weighted by molar-refractivity contribution is 5.86. The van der Waals surface area contributed by atoms with E-state index in [9.17, 15) is 25.0 Å². The van der Waals surface area contributed by atoms with Crippen LogP contribution in [0.2, 0.25) is 0 Å². The Hall–Kier alpha value is -4.80. The molecule has 1 N–H and O–H groups in total. The Kier molecular flexibility index (Phi) is 7.61. The van der Waals surface area contributed by atoms with Crippen molar-refractivity contribution in [2.75, 3.05) is 7.11 Å². The first-order chi connectivity index (χ1) is 18.5. The van der Waals surface area contributed by atoms with Gasteiger partial charge in [-0.25, -0.2) is 5.43 Å². The van der Waals surface area contributed by atoms with E-state index in [-0.39, 0.29) is 40.4 Å². The lowest BCUT2D eigenvalue weighted by atomic mass is 9.86. The Morgan fingerprint density at radius 2 is 1.67 bits per heavy atom. The fourth-order valence-corrected chi connectivity index (χ4v) is 4.15. The smallest absolute Gasteiger partial charge is 0.318 e. The van der Waals surface area contributed by atoms with Crippen molar-refractivity contribution in [1.29, 1.82) is 0 Å². The molecule has 11 nitrogen and oxygen atoms in total. The summed E-state index contributed by atoms with van der Waals surface area (Å²) in [5.41, 5.74) is 4.65. The molecule has 202 valence electrons. The normalized spacial score (nSPS) is 16.5. The van der Waals surface area contributed by atoms with Gasteiger partial charge in [0, 0.05) is 12.0 Å². The first-order valence-corrected chi connectivity index (χ1v) is 12.2. The predicted molar refractivity (Wildman–Crippen MR) is 145 cm³/mol. The zero-order valence-electron chi connectivity index (χ0n) is 21.9. The number of methoxy groups -OCH3 is 1. The van der Waals surface area contributed by atoms with Gasteiger partial charge >= 0.3 is 5.69 Å². The zero-order chi connectivity index (χ0) is 28.3. The molecule has 0 heterocycles. The van der Waals surface area contributed by atoms with Crippen LogP contribution in [0.15, 0.2) is 65.8 Å². The molecule has 11 heteroatoms. The molecule has 0 aliphatic heterocycles. The van der Waals surface area contributed by atoms with Gasteiger partial charge in [0.2, 0.25) is 11.7 Å². The second kappa shape index (κ2) is 10.9. The van der Waals surface area contributed by atoms with Gasteiger partial charge in [-0.05, 0) is 58.7 Å². The predicted octanol–water partition coefficient (Wildman–Crippen LogP) is 5.86. The van der Waals surface area contributed by atoms with Crippen molar-refractivity contribution in [3.8, 4) is 17.2 Å². The fraction of sp³-hybridized carbons (Fsp3) is 0.286. The molecule has 1 saturated carbocycles. The number of nitro groups is 2. The summed E-state index contributed by atoms with van der Waals surface area (Å²) in [7, 11) is 1.40. The molecule has 1 amide bonds. The summed E-state index contributed by atoms with van der Waals surface area (Å²) in [4.78, 5) is 33.4. The monoisotopic (exact) mass is 532 g/mol. The number of hydrogen-bond donors (Lipinski definition) is 1. The average molecular weight is 533 g/mol. The van der Waals surface area contributed by atoms with Gasteiger partial charge in [-0.2, -0.15) is 5.10 Å². The summed E-state index contributed by atoms with van der Waals surface area (Å²) in [6, 6.07) is 16.2. The highest BCUT2D eigenvalue weighted by Crippen LogP contribution is 2.47. The van der Waals surface area contributed by atoms with Gasteiger partial charge in [-0.1, -0.05) is 45.0 Å². The molecule has 3 aromatic rings. The largest absolute Gasteiger partial charge is 0.493 e. The number of carbonyl (C=O) groups excluding carboxylic acids is 1. The highest BCUT2D eigenvalue weighted by atomic mass is 16.6. The molecular formula is C28H28N4O7. The Balaban J connectivity index is 1.39. The second-order valence-electron chi connectivity index (χ2n) is 10.2. The molecule has 1 aliphatic rings. The van der Waals surface area contributed by atoms with Crippen LogP contribution in [0.25, 0.3) is 0 Å². The number of nitrogens with one attached hydrogen (secondary N) is 1. The van der Waals surface area contributed by atoms with E-state index in [4.69, 9.17) is 9.47 Å².